The number of rotatable bonds is 4. The second-order valence-corrected chi connectivity index (χ2v) is 5.11. The maximum Gasteiger partial charge on any atom is 0.310 e. The van der Waals surface area contributed by atoms with E-state index >= 15 is 0 Å². The normalized spacial score (nSPS) is 11.3. The van der Waals surface area contributed by atoms with Gasteiger partial charge in [0.1, 0.15) is 5.60 Å². The minimum atomic E-state index is -0.414. The summed E-state index contributed by atoms with van der Waals surface area (Å²) in [7, 11) is 1.91. The Morgan fingerprint density at radius 1 is 1.18 bits per heavy atom. The van der Waals surface area contributed by atoms with Crippen molar-refractivity contribution in [2.24, 2.45) is 0 Å². The highest BCUT2D eigenvalue weighted by atomic mass is 16.6. The van der Waals surface area contributed by atoms with Gasteiger partial charge in [-0.2, -0.15) is 0 Å². The van der Waals surface area contributed by atoms with Crippen LogP contribution in [0.4, 0.5) is 0 Å². The SMILES string of the molecule is CNCc1ccc(CC(=O)OC(C)(C)C)cc1. The standard InChI is InChI=1S/C14H21NO2/c1-14(2,3)17-13(16)9-11-5-7-12(8-6-11)10-15-4/h5-8,15H,9-10H2,1-4H3. The van der Waals surface area contributed by atoms with Crippen LogP contribution in [0.15, 0.2) is 24.3 Å². The highest BCUT2D eigenvalue weighted by Crippen LogP contribution is 2.11. The topological polar surface area (TPSA) is 38.3 Å². The fraction of sp³-hybridized carbons (Fsp3) is 0.500. The van der Waals surface area contributed by atoms with E-state index in [9.17, 15) is 4.79 Å². The molecule has 94 valence electrons. The molecule has 0 unspecified atom stereocenters. The molecule has 3 heteroatoms. The van der Waals surface area contributed by atoms with Gasteiger partial charge < -0.3 is 10.1 Å². The highest BCUT2D eigenvalue weighted by molar-refractivity contribution is 5.73. The molecule has 1 N–H and O–H groups in total. The van der Waals surface area contributed by atoms with E-state index in [0.29, 0.717) is 6.42 Å². The molecule has 0 aliphatic carbocycles. The van der Waals surface area contributed by atoms with Crippen molar-refractivity contribution >= 4 is 5.97 Å². The summed E-state index contributed by atoms with van der Waals surface area (Å²) in [5.41, 5.74) is 1.78. The third kappa shape index (κ3) is 5.50. The monoisotopic (exact) mass is 235 g/mol. The molecule has 1 aromatic rings. The molecule has 0 bridgehead atoms. The molecule has 0 amide bonds. The lowest BCUT2D eigenvalue weighted by Crippen LogP contribution is -2.24. The molecule has 0 atom stereocenters. The summed E-state index contributed by atoms with van der Waals surface area (Å²) >= 11 is 0. The molecule has 0 aromatic heterocycles. The van der Waals surface area contributed by atoms with Gasteiger partial charge in [-0.15, -0.1) is 0 Å². The van der Waals surface area contributed by atoms with Gasteiger partial charge in [0, 0.05) is 6.54 Å². The first-order chi connectivity index (χ1) is 7.90. The van der Waals surface area contributed by atoms with Crippen LogP contribution >= 0.6 is 0 Å². The summed E-state index contributed by atoms with van der Waals surface area (Å²) in [6.45, 7) is 6.47. The average Bonchev–Trinajstić information content (AvgIpc) is 2.18. The molecule has 0 radical (unpaired) electrons. The van der Waals surface area contributed by atoms with Gasteiger partial charge in [0.2, 0.25) is 0 Å². The molecule has 1 aromatic carbocycles. The van der Waals surface area contributed by atoms with Crippen LogP contribution in [0.3, 0.4) is 0 Å². The smallest absolute Gasteiger partial charge is 0.310 e. The number of ether oxygens (including phenoxy) is 1. The first-order valence-corrected chi connectivity index (χ1v) is 5.85. The molecule has 0 spiro atoms. The highest BCUT2D eigenvalue weighted by Gasteiger charge is 2.16. The fourth-order valence-corrected chi connectivity index (χ4v) is 1.52. The molecule has 0 heterocycles. The van der Waals surface area contributed by atoms with Gasteiger partial charge in [0.15, 0.2) is 0 Å². The maximum absolute atomic E-state index is 11.6. The van der Waals surface area contributed by atoms with E-state index in [-0.39, 0.29) is 5.97 Å². The number of carbonyl (C=O) groups excluding carboxylic acids is 1. The number of carbonyl (C=O) groups is 1. The van der Waals surface area contributed by atoms with Crippen molar-refractivity contribution in [2.75, 3.05) is 7.05 Å². The summed E-state index contributed by atoms with van der Waals surface area (Å²) in [6, 6.07) is 7.99. The quantitative estimate of drug-likeness (QED) is 0.814. The number of nitrogens with one attached hydrogen (secondary N) is 1. The zero-order chi connectivity index (χ0) is 12.9. The Hall–Kier alpha value is -1.35. The van der Waals surface area contributed by atoms with Gasteiger partial charge in [-0.1, -0.05) is 24.3 Å². The molecular formula is C14H21NO2. The summed E-state index contributed by atoms with van der Waals surface area (Å²) in [5, 5.41) is 3.08. The maximum atomic E-state index is 11.6. The molecule has 0 saturated heterocycles. The van der Waals surface area contributed by atoms with Crippen LogP contribution in [0.1, 0.15) is 31.9 Å². The van der Waals surface area contributed by atoms with Gasteiger partial charge in [-0.05, 0) is 38.9 Å². The van der Waals surface area contributed by atoms with Gasteiger partial charge in [0.05, 0.1) is 6.42 Å². The van der Waals surface area contributed by atoms with Gasteiger partial charge in [-0.3, -0.25) is 4.79 Å². The first-order valence-electron chi connectivity index (χ1n) is 5.85. The fourth-order valence-electron chi connectivity index (χ4n) is 1.52. The largest absolute Gasteiger partial charge is 0.460 e. The van der Waals surface area contributed by atoms with E-state index in [2.05, 4.69) is 5.32 Å². The zero-order valence-corrected chi connectivity index (χ0v) is 11.0. The van der Waals surface area contributed by atoms with Crippen molar-refractivity contribution in [2.45, 2.75) is 39.3 Å². The summed E-state index contributed by atoms with van der Waals surface area (Å²) < 4.78 is 5.27. The molecule has 1 rings (SSSR count). The van der Waals surface area contributed by atoms with Crippen LogP contribution in [0.2, 0.25) is 0 Å². The Bertz CT molecular complexity index is 363. The van der Waals surface area contributed by atoms with E-state index in [1.54, 1.807) is 0 Å². The van der Waals surface area contributed by atoms with Crippen LogP contribution in [-0.2, 0) is 22.5 Å². The minimum Gasteiger partial charge on any atom is -0.460 e. The zero-order valence-electron chi connectivity index (χ0n) is 11.0. The summed E-state index contributed by atoms with van der Waals surface area (Å²) in [5.74, 6) is -0.182. The van der Waals surface area contributed by atoms with Crippen LogP contribution in [-0.4, -0.2) is 18.6 Å². The van der Waals surface area contributed by atoms with Crippen molar-refractivity contribution in [3.8, 4) is 0 Å². The van der Waals surface area contributed by atoms with Crippen molar-refractivity contribution in [1.82, 2.24) is 5.32 Å². The third-order valence-corrected chi connectivity index (χ3v) is 2.17. The molecule has 3 nitrogen and oxygen atoms in total. The van der Waals surface area contributed by atoms with Crippen LogP contribution in [0.5, 0.6) is 0 Å². The van der Waals surface area contributed by atoms with Crippen molar-refractivity contribution in [3.63, 3.8) is 0 Å². The summed E-state index contributed by atoms with van der Waals surface area (Å²) in [6.07, 6.45) is 0.330. The molecule has 0 aliphatic heterocycles. The molecular weight excluding hydrogens is 214 g/mol. The Balaban J connectivity index is 2.54. The van der Waals surface area contributed by atoms with Crippen molar-refractivity contribution < 1.29 is 9.53 Å². The third-order valence-electron chi connectivity index (χ3n) is 2.17. The van der Waals surface area contributed by atoms with E-state index in [1.807, 2.05) is 52.1 Å². The molecule has 0 fully saturated rings. The van der Waals surface area contributed by atoms with E-state index in [4.69, 9.17) is 4.74 Å². The predicted octanol–water partition coefficient (Wildman–Crippen LogP) is 2.29. The van der Waals surface area contributed by atoms with Gasteiger partial charge >= 0.3 is 5.97 Å². The number of hydrogen-bond acceptors (Lipinski definition) is 3. The predicted molar refractivity (Wildman–Crippen MR) is 68.8 cm³/mol. The molecule has 0 aliphatic rings. The lowest BCUT2D eigenvalue weighted by Gasteiger charge is -2.19. The summed E-state index contributed by atoms with van der Waals surface area (Å²) in [4.78, 5) is 11.6. The Morgan fingerprint density at radius 3 is 2.18 bits per heavy atom. The number of hydrogen-bond donors (Lipinski definition) is 1. The first kappa shape index (κ1) is 13.7. The lowest BCUT2D eigenvalue weighted by molar-refractivity contribution is -0.153. The Kier molecular flexibility index (Phi) is 4.70. The second kappa shape index (κ2) is 5.82. The average molecular weight is 235 g/mol. The van der Waals surface area contributed by atoms with Crippen LogP contribution in [0.25, 0.3) is 0 Å². The minimum absolute atomic E-state index is 0.182. The number of esters is 1. The van der Waals surface area contributed by atoms with E-state index < -0.39 is 5.60 Å². The second-order valence-electron chi connectivity index (χ2n) is 5.11. The van der Waals surface area contributed by atoms with Gasteiger partial charge in [-0.25, -0.2) is 0 Å². The van der Waals surface area contributed by atoms with E-state index in [1.165, 1.54) is 5.56 Å². The van der Waals surface area contributed by atoms with Crippen LogP contribution in [0, 0.1) is 0 Å². The van der Waals surface area contributed by atoms with Gasteiger partial charge in [0.25, 0.3) is 0 Å². The van der Waals surface area contributed by atoms with Crippen LogP contribution < -0.4 is 5.32 Å². The van der Waals surface area contributed by atoms with Crippen molar-refractivity contribution in [1.29, 1.82) is 0 Å². The Labute approximate surface area is 103 Å². The molecule has 17 heavy (non-hydrogen) atoms. The lowest BCUT2D eigenvalue weighted by atomic mass is 10.1. The van der Waals surface area contributed by atoms with Crippen molar-refractivity contribution in [3.05, 3.63) is 35.4 Å². The Morgan fingerprint density at radius 2 is 1.71 bits per heavy atom. The number of benzene rings is 1. The van der Waals surface area contributed by atoms with E-state index in [0.717, 1.165) is 12.1 Å². The molecule has 0 saturated carbocycles.